The van der Waals surface area contributed by atoms with Crippen molar-refractivity contribution in [2.75, 3.05) is 6.61 Å². The quantitative estimate of drug-likeness (QED) is 0.211. The maximum absolute atomic E-state index is 13.3. The maximum atomic E-state index is 13.3. The van der Waals surface area contributed by atoms with E-state index < -0.39 is 29.7 Å². The summed E-state index contributed by atoms with van der Waals surface area (Å²) in [7, 11) is 0. The van der Waals surface area contributed by atoms with Crippen LogP contribution in [0, 0.1) is 0 Å². The number of fused-ring (bicyclic) bond motifs is 1. The van der Waals surface area contributed by atoms with Gasteiger partial charge in [0.25, 0.3) is 5.91 Å². The predicted octanol–water partition coefficient (Wildman–Crippen LogP) is 6.43. The Hall–Kier alpha value is -4.79. The van der Waals surface area contributed by atoms with Crippen LogP contribution in [0.15, 0.2) is 97.6 Å². The third-order valence-corrected chi connectivity index (χ3v) is 6.12. The Morgan fingerprint density at radius 2 is 1.57 bits per heavy atom. The van der Waals surface area contributed by atoms with Crippen LogP contribution in [0.4, 0.5) is 13.2 Å². The van der Waals surface area contributed by atoms with E-state index in [-0.39, 0.29) is 24.3 Å². The van der Waals surface area contributed by atoms with Crippen molar-refractivity contribution < 1.29 is 37.3 Å². The lowest BCUT2D eigenvalue weighted by Crippen LogP contribution is -2.42. The molecule has 4 aromatic carbocycles. The molecule has 4 rings (SSSR count). The first-order valence-corrected chi connectivity index (χ1v) is 12.3. The molecule has 206 valence electrons. The number of hydrogen-bond donors (Lipinski definition) is 2. The van der Waals surface area contributed by atoms with Gasteiger partial charge < -0.3 is 19.9 Å². The number of benzene rings is 4. The van der Waals surface area contributed by atoms with Gasteiger partial charge >= 0.3 is 12.1 Å². The van der Waals surface area contributed by atoms with Crippen molar-refractivity contribution in [1.29, 1.82) is 0 Å². The van der Waals surface area contributed by atoms with Crippen molar-refractivity contribution in [2.45, 2.75) is 25.2 Å². The number of alkyl halides is 3. The number of carboxylic acids is 1. The van der Waals surface area contributed by atoms with E-state index in [0.717, 1.165) is 17.5 Å². The van der Waals surface area contributed by atoms with Gasteiger partial charge in [-0.3, -0.25) is 4.79 Å². The van der Waals surface area contributed by atoms with Crippen molar-refractivity contribution in [3.63, 3.8) is 0 Å². The van der Waals surface area contributed by atoms with Gasteiger partial charge in [-0.15, -0.1) is 0 Å². The van der Waals surface area contributed by atoms with Crippen LogP contribution in [0.3, 0.4) is 0 Å². The predicted molar refractivity (Wildman–Crippen MR) is 144 cm³/mol. The smallest absolute Gasteiger partial charge is 0.416 e. The molecular weight excluding hydrogens is 523 g/mol. The Morgan fingerprint density at radius 3 is 2.23 bits per heavy atom. The van der Waals surface area contributed by atoms with Crippen LogP contribution in [0.5, 0.6) is 11.5 Å². The van der Waals surface area contributed by atoms with E-state index in [1.165, 1.54) is 18.2 Å². The van der Waals surface area contributed by atoms with Crippen LogP contribution in [0.25, 0.3) is 10.8 Å². The fourth-order valence-electron chi connectivity index (χ4n) is 4.07. The molecule has 4 aromatic rings. The second-order valence-corrected chi connectivity index (χ2v) is 8.96. The van der Waals surface area contributed by atoms with E-state index in [9.17, 15) is 27.9 Å². The van der Waals surface area contributed by atoms with Gasteiger partial charge in [0.1, 0.15) is 30.8 Å². The molecule has 1 atom stereocenters. The summed E-state index contributed by atoms with van der Waals surface area (Å²) in [6, 6.07) is 20.5. The van der Waals surface area contributed by atoms with Gasteiger partial charge in [0.05, 0.1) is 11.1 Å². The Morgan fingerprint density at radius 1 is 0.900 bits per heavy atom. The molecule has 6 nitrogen and oxygen atoms in total. The fraction of sp³-hybridized carbons (Fsp3) is 0.161. The molecule has 0 spiro atoms. The first-order valence-electron chi connectivity index (χ1n) is 12.3. The van der Waals surface area contributed by atoms with Crippen LogP contribution < -0.4 is 14.8 Å². The number of rotatable bonds is 11. The first kappa shape index (κ1) is 28.2. The third kappa shape index (κ3) is 6.99. The molecule has 1 amide bonds. The van der Waals surface area contributed by atoms with Crippen molar-refractivity contribution in [2.24, 2.45) is 0 Å². The average Bonchev–Trinajstić information content (AvgIpc) is 2.94. The molecule has 0 saturated heterocycles. The van der Waals surface area contributed by atoms with E-state index in [1.54, 1.807) is 48.5 Å². The van der Waals surface area contributed by atoms with Crippen LogP contribution in [0.2, 0.25) is 0 Å². The molecule has 0 heterocycles. The summed E-state index contributed by atoms with van der Waals surface area (Å²) in [4.78, 5) is 25.4. The Labute approximate surface area is 228 Å². The van der Waals surface area contributed by atoms with Crippen molar-refractivity contribution >= 4 is 22.6 Å². The van der Waals surface area contributed by atoms with E-state index in [0.29, 0.717) is 28.9 Å². The molecule has 9 heteroatoms. The topological polar surface area (TPSA) is 84.9 Å². The number of halogens is 3. The number of amides is 1. The third-order valence-electron chi connectivity index (χ3n) is 6.12. The number of carbonyl (C=O) groups excluding carboxylic acids is 1. The van der Waals surface area contributed by atoms with E-state index >= 15 is 0 Å². The van der Waals surface area contributed by atoms with Gasteiger partial charge in [-0.25, -0.2) is 4.79 Å². The molecule has 1 unspecified atom stereocenters. The van der Waals surface area contributed by atoms with Gasteiger partial charge in [0, 0.05) is 11.8 Å². The number of carboxylic acid groups (broad SMARTS) is 1. The highest BCUT2D eigenvalue weighted by atomic mass is 19.4. The Balaban J connectivity index is 1.55. The lowest BCUT2D eigenvalue weighted by atomic mass is 10.0. The first-order chi connectivity index (χ1) is 19.2. The highest BCUT2D eigenvalue weighted by molar-refractivity contribution is 6.04. The minimum atomic E-state index is -4.46. The zero-order valence-electron chi connectivity index (χ0n) is 21.3. The van der Waals surface area contributed by atoms with E-state index in [4.69, 9.17) is 9.47 Å². The van der Waals surface area contributed by atoms with Crippen LogP contribution in [-0.2, 0) is 24.0 Å². The second-order valence-electron chi connectivity index (χ2n) is 8.96. The molecule has 0 fully saturated rings. The normalized spacial score (nSPS) is 12.0. The minimum absolute atomic E-state index is 0.0259. The molecule has 0 aromatic heterocycles. The zero-order valence-corrected chi connectivity index (χ0v) is 21.3. The average molecular weight is 550 g/mol. The van der Waals surface area contributed by atoms with Crippen molar-refractivity contribution in [1.82, 2.24) is 5.32 Å². The summed E-state index contributed by atoms with van der Waals surface area (Å²) in [5, 5.41) is 13.8. The summed E-state index contributed by atoms with van der Waals surface area (Å²) in [6.07, 6.45) is -2.82. The van der Waals surface area contributed by atoms with Crippen LogP contribution in [0.1, 0.15) is 27.0 Å². The summed E-state index contributed by atoms with van der Waals surface area (Å²) in [5.74, 6) is -1.08. The largest absolute Gasteiger partial charge is 0.490 e. The second kappa shape index (κ2) is 12.4. The standard InChI is InChI=1S/C31H26F3NO5/c1-2-17-39-24-14-9-20(10-15-24)18-27(30(37)38)35-29(36)26-16-11-22-5-3-4-6-25(22)28(26)40-19-21-7-12-23(13-8-21)31(32,33)34/h2-16,27H,1,17-19H2,(H,35,36)(H,37,38). The Bertz CT molecular complexity index is 1500. The van der Waals surface area contributed by atoms with E-state index in [2.05, 4.69) is 11.9 Å². The Kier molecular flexibility index (Phi) is 8.73. The van der Waals surface area contributed by atoms with Crippen molar-refractivity contribution in [3.8, 4) is 11.5 Å². The number of ether oxygens (including phenoxy) is 2. The number of nitrogens with one attached hydrogen (secondary N) is 1. The molecule has 2 N–H and O–H groups in total. The number of carbonyl (C=O) groups is 2. The van der Waals surface area contributed by atoms with Crippen LogP contribution in [-0.4, -0.2) is 29.6 Å². The molecule has 0 bridgehead atoms. The summed E-state index contributed by atoms with van der Waals surface area (Å²) >= 11 is 0. The monoisotopic (exact) mass is 549 g/mol. The maximum Gasteiger partial charge on any atom is 0.416 e. The SMILES string of the molecule is C=CCOc1ccc(CC(NC(=O)c2ccc3ccccc3c2OCc2ccc(C(F)(F)F)cc2)C(=O)O)cc1. The fourth-order valence-corrected chi connectivity index (χ4v) is 4.07. The molecule has 0 saturated carbocycles. The number of hydrogen-bond acceptors (Lipinski definition) is 4. The summed E-state index contributed by atoms with van der Waals surface area (Å²) < 4.78 is 50.2. The van der Waals surface area contributed by atoms with E-state index in [1.807, 2.05) is 12.1 Å². The van der Waals surface area contributed by atoms with Gasteiger partial charge in [-0.1, -0.05) is 67.3 Å². The summed E-state index contributed by atoms with van der Waals surface area (Å²) in [6.45, 7) is 3.82. The van der Waals surface area contributed by atoms with Gasteiger partial charge in [0.15, 0.2) is 0 Å². The molecule has 0 radical (unpaired) electrons. The highest BCUT2D eigenvalue weighted by Gasteiger charge is 2.30. The minimum Gasteiger partial charge on any atom is -0.490 e. The van der Waals surface area contributed by atoms with Crippen molar-refractivity contribution in [3.05, 3.63) is 120 Å². The molecule has 0 aliphatic rings. The molecule has 0 aliphatic heterocycles. The van der Waals surface area contributed by atoms with Crippen LogP contribution >= 0.6 is 0 Å². The lowest BCUT2D eigenvalue weighted by Gasteiger charge is -2.18. The van der Waals surface area contributed by atoms with Gasteiger partial charge in [-0.2, -0.15) is 13.2 Å². The number of aliphatic carboxylic acids is 1. The zero-order chi connectivity index (χ0) is 28.7. The highest BCUT2D eigenvalue weighted by Crippen LogP contribution is 2.32. The van der Waals surface area contributed by atoms with Gasteiger partial charge in [-0.05, 0) is 46.8 Å². The molecular formula is C31H26F3NO5. The summed E-state index contributed by atoms with van der Waals surface area (Å²) in [5.41, 5.74) is 0.470. The molecule has 40 heavy (non-hydrogen) atoms. The lowest BCUT2D eigenvalue weighted by molar-refractivity contribution is -0.139. The van der Waals surface area contributed by atoms with Gasteiger partial charge in [0.2, 0.25) is 0 Å². The molecule has 0 aliphatic carbocycles.